The second kappa shape index (κ2) is 6.15. The lowest BCUT2D eigenvalue weighted by atomic mass is 9.92. The third-order valence-electron chi connectivity index (χ3n) is 3.28. The van der Waals surface area contributed by atoms with E-state index in [0.717, 1.165) is 0 Å². The van der Waals surface area contributed by atoms with Gasteiger partial charge in [-0.15, -0.1) is 0 Å². The predicted molar refractivity (Wildman–Crippen MR) is 82.5 cm³/mol. The zero-order chi connectivity index (χ0) is 16.4. The van der Waals surface area contributed by atoms with Gasteiger partial charge in [-0.2, -0.15) is 0 Å². The van der Waals surface area contributed by atoms with Crippen LogP contribution in [0.3, 0.4) is 0 Å². The molecule has 0 saturated heterocycles. The molecule has 22 heavy (non-hydrogen) atoms. The molecule has 0 amide bonds. The number of esters is 1. The fourth-order valence-electron chi connectivity index (χ4n) is 2.40. The minimum absolute atomic E-state index is 0.0340. The number of carbonyl (C=O) groups is 2. The van der Waals surface area contributed by atoms with Gasteiger partial charge in [0.1, 0.15) is 0 Å². The number of hydrogen-bond acceptors (Lipinski definition) is 4. The van der Waals surface area contributed by atoms with Gasteiger partial charge in [0.05, 0.1) is 29.6 Å². The van der Waals surface area contributed by atoms with Gasteiger partial charge in [-0.05, 0) is 31.5 Å². The van der Waals surface area contributed by atoms with Gasteiger partial charge in [-0.3, -0.25) is 4.98 Å². The van der Waals surface area contributed by atoms with Crippen LogP contribution in [-0.4, -0.2) is 29.1 Å². The molecule has 0 spiro atoms. The van der Waals surface area contributed by atoms with Crippen molar-refractivity contribution in [3.05, 3.63) is 51.8 Å². The third-order valence-corrected chi connectivity index (χ3v) is 3.51. The molecule has 1 N–H and O–H groups in total. The molecule has 5 nitrogen and oxygen atoms in total. The number of pyridine rings is 1. The van der Waals surface area contributed by atoms with Crippen molar-refractivity contribution >= 4 is 23.5 Å². The van der Waals surface area contributed by atoms with E-state index in [1.165, 1.54) is 7.11 Å². The fourth-order valence-corrected chi connectivity index (χ4v) is 2.59. The van der Waals surface area contributed by atoms with Crippen LogP contribution >= 0.6 is 11.6 Å². The Balaban J connectivity index is 2.94. The van der Waals surface area contributed by atoms with E-state index in [1.54, 1.807) is 38.1 Å². The average molecular weight is 320 g/mol. The van der Waals surface area contributed by atoms with Crippen LogP contribution in [0.5, 0.6) is 0 Å². The molecule has 1 heterocycles. The van der Waals surface area contributed by atoms with E-state index in [-0.39, 0.29) is 16.7 Å². The van der Waals surface area contributed by atoms with Crippen LogP contribution in [0.4, 0.5) is 0 Å². The van der Waals surface area contributed by atoms with Gasteiger partial charge in [-0.1, -0.05) is 23.7 Å². The number of carboxylic acids is 1. The number of rotatable bonds is 3. The molecule has 114 valence electrons. The third kappa shape index (κ3) is 2.80. The van der Waals surface area contributed by atoms with Crippen molar-refractivity contribution in [3.8, 4) is 11.1 Å². The van der Waals surface area contributed by atoms with Crippen LogP contribution in [0.15, 0.2) is 24.3 Å². The normalized spacial score (nSPS) is 10.4. The Bertz CT molecular complexity index is 771. The highest BCUT2D eigenvalue weighted by molar-refractivity contribution is 6.31. The molecule has 6 heteroatoms. The topological polar surface area (TPSA) is 76.5 Å². The van der Waals surface area contributed by atoms with Crippen molar-refractivity contribution in [2.24, 2.45) is 0 Å². The molecule has 0 saturated carbocycles. The molecule has 1 aromatic heterocycles. The van der Waals surface area contributed by atoms with E-state index in [0.29, 0.717) is 22.0 Å². The number of benzene rings is 1. The summed E-state index contributed by atoms with van der Waals surface area (Å²) in [6.45, 7) is 3.23. The van der Waals surface area contributed by atoms with Crippen molar-refractivity contribution in [1.82, 2.24) is 4.98 Å². The van der Waals surface area contributed by atoms with E-state index >= 15 is 0 Å². The SMILES string of the molecule is COC(=O)c1c(C)nc(C)c(C(=O)O)c1-c1cccc(Cl)c1. The van der Waals surface area contributed by atoms with Gasteiger partial charge in [-0.25, -0.2) is 9.59 Å². The van der Waals surface area contributed by atoms with Gasteiger partial charge >= 0.3 is 11.9 Å². The summed E-state index contributed by atoms with van der Waals surface area (Å²) in [6, 6.07) is 6.66. The zero-order valence-corrected chi connectivity index (χ0v) is 13.1. The van der Waals surface area contributed by atoms with Crippen molar-refractivity contribution in [3.63, 3.8) is 0 Å². The van der Waals surface area contributed by atoms with Gasteiger partial charge in [0, 0.05) is 10.6 Å². The Morgan fingerprint density at radius 2 is 1.82 bits per heavy atom. The first-order valence-electron chi connectivity index (χ1n) is 6.45. The highest BCUT2D eigenvalue weighted by atomic mass is 35.5. The Morgan fingerprint density at radius 3 is 2.36 bits per heavy atom. The second-order valence-electron chi connectivity index (χ2n) is 4.71. The van der Waals surface area contributed by atoms with Crippen LogP contribution < -0.4 is 0 Å². The number of aromatic nitrogens is 1. The number of ether oxygens (including phenoxy) is 1. The molecule has 0 radical (unpaired) electrons. The summed E-state index contributed by atoms with van der Waals surface area (Å²) in [5.41, 5.74) is 1.63. The number of halogens is 1. The van der Waals surface area contributed by atoms with Crippen LogP contribution in [-0.2, 0) is 4.74 Å². The number of nitrogens with zero attached hydrogens (tertiary/aromatic N) is 1. The molecule has 0 atom stereocenters. The lowest BCUT2D eigenvalue weighted by Crippen LogP contribution is -2.14. The molecular formula is C16H14ClNO4. The lowest BCUT2D eigenvalue weighted by molar-refractivity contribution is 0.0600. The minimum atomic E-state index is -1.16. The van der Waals surface area contributed by atoms with Gasteiger partial charge in [0.15, 0.2) is 0 Å². The minimum Gasteiger partial charge on any atom is -0.478 e. The smallest absolute Gasteiger partial charge is 0.340 e. The van der Waals surface area contributed by atoms with Crippen LogP contribution in [0.25, 0.3) is 11.1 Å². The van der Waals surface area contributed by atoms with Gasteiger partial charge < -0.3 is 9.84 Å². The number of hydrogen-bond donors (Lipinski definition) is 1. The summed E-state index contributed by atoms with van der Waals surface area (Å²) in [6.07, 6.45) is 0. The molecule has 2 aromatic rings. The van der Waals surface area contributed by atoms with Gasteiger partial charge in [0.2, 0.25) is 0 Å². The molecule has 0 aliphatic carbocycles. The first kappa shape index (κ1) is 16.0. The van der Waals surface area contributed by atoms with E-state index in [2.05, 4.69) is 4.98 Å². The largest absolute Gasteiger partial charge is 0.478 e. The van der Waals surface area contributed by atoms with Crippen molar-refractivity contribution in [2.45, 2.75) is 13.8 Å². The Hall–Kier alpha value is -2.40. The average Bonchev–Trinajstić information content (AvgIpc) is 2.45. The van der Waals surface area contributed by atoms with Gasteiger partial charge in [0.25, 0.3) is 0 Å². The highest BCUT2D eigenvalue weighted by Gasteiger charge is 2.26. The molecular weight excluding hydrogens is 306 g/mol. The maximum Gasteiger partial charge on any atom is 0.340 e. The molecule has 0 aliphatic rings. The first-order valence-corrected chi connectivity index (χ1v) is 6.83. The summed E-state index contributed by atoms with van der Waals surface area (Å²) in [7, 11) is 1.24. The maximum atomic E-state index is 12.1. The number of carboxylic acid groups (broad SMARTS) is 1. The number of methoxy groups -OCH3 is 1. The van der Waals surface area contributed by atoms with Crippen LogP contribution in [0, 0.1) is 13.8 Å². The molecule has 2 rings (SSSR count). The zero-order valence-electron chi connectivity index (χ0n) is 12.3. The van der Waals surface area contributed by atoms with Crippen LogP contribution in [0.2, 0.25) is 5.02 Å². The number of carbonyl (C=O) groups excluding carboxylic acids is 1. The number of aryl methyl sites for hydroxylation is 2. The molecule has 1 aromatic carbocycles. The second-order valence-corrected chi connectivity index (χ2v) is 5.15. The summed E-state index contributed by atoms with van der Waals surface area (Å²) in [5, 5.41) is 9.96. The Kier molecular flexibility index (Phi) is 4.47. The molecule has 0 unspecified atom stereocenters. The Morgan fingerprint density at radius 1 is 1.18 bits per heavy atom. The van der Waals surface area contributed by atoms with E-state index in [9.17, 15) is 14.7 Å². The maximum absolute atomic E-state index is 12.1. The summed E-state index contributed by atoms with van der Waals surface area (Å²) in [4.78, 5) is 27.9. The van der Waals surface area contributed by atoms with E-state index < -0.39 is 11.9 Å². The summed E-state index contributed by atoms with van der Waals surface area (Å²) in [5.74, 6) is -1.80. The van der Waals surface area contributed by atoms with Crippen LogP contribution in [0.1, 0.15) is 32.1 Å². The van der Waals surface area contributed by atoms with E-state index in [4.69, 9.17) is 16.3 Å². The fraction of sp³-hybridized carbons (Fsp3) is 0.188. The monoisotopic (exact) mass is 319 g/mol. The predicted octanol–water partition coefficient (Wildman–Crippen LogP) is 3.50. The molecule has 0 fully saturated rings. The molecule has 0 bridgehead atoms. The highest BCUT2D eigenvalue weighted by Crippen LogP contribution is 2.33. The first-order chi connectivity index (χ1) is 10.4. The number of aromatic carboxylic acids is 1. The van der Waals surface area contributed by atoms with E-state index in [1.807, 2.05) is 0 Å². The lowest BCUT2D eigenvalue weighted by Gasteiger charge is -2.16. The van der Waals surface area contributed by atoms with Crippen molar-refractivity contribution in [1.29, 1.82) is 0 Å². The van der Waals surface area contributed by atoms with Crippen molar-refractivity contribution in [2.75, 3.05) is 7.11 Å². The van der Waals surface area contributed by atoms with Crippen molar-refractivity contribution < 1.29 is 19.4 Å². The summed E-state index contributed by atoms with van der Waals surface area (Å²) < 4.78 is 4.78. The summed E-state index contributed by atoms with van der Waals surface area (Å²) >= 11 is 5.99. The quantitative estimate of drug-likeness (QED) is 0.876. The Labute approximate surface area is 132 Å². The molecule has 0 aliphatic heterocycles. The standard InChI is InChI=1S/C16H14ClNO4/c1-8-12(15(19)20)14(10-5-4-6-11(17)7-10)13(9(2)18-8)16(21)22-3/h4-7H,1-3H3,(H,19,20).